The topological polar surface area (TPSA) is 29.0 Å². The van der Waals surface area contributed by atoms with Crippen LogP contribution in [0.3, 0.4) is 0 Å². The molecule has 1 aliphatic heterocycles. The predicted molar refractivity (Wildman–Crippen MR) is 57.8 cm³/mol. The van der Waals surface area contributed by atoms with Crippen LogP contribution in [0.25, 0.3) is 0 Å². The molecule has 1 aliphatic rings. The Morgan fingerprint density at radius 1 is 1.18 bits per heavy atom. The smallest absolute Gasteiger partial charge is 0.341 e. The quantitative estimate of drug-likeness (QED) is 0.761. The summed E-state index contributed by atoms with van der Waals surface area (Å²) in [4.78, 5) is 9.72. The van der Waals surface area contributed by atoms with E-state index < -0.39 is 11.7 Å². The van der Waals surface area contributed by atoms with E-state index in [-0.39, 0.29) is 5.69 Å². The van der Waals surface area contributed by atoms with Crippen LogP contribution in [-0.4, -0.2) is 23.1 Å². The summed E-state index contributed by atoms with van der Waals surface area (Å²) in [6.07, 6.45) is -0.236. The van der Waals surface area contributed by atoms with Crippen LogP contribution in [0.15, 0.2) is 6.20 Å². The van der Waals surface area contributed by atoms with Crippen LogP contribution in [0, 0.1) is 6.92 Å². The Balaban J connectivity index is 2.24. The molecule has 0 radical (unpaired) electrons. The fourth-order valence-corrected chi connectivity index (χ4v) is 1.98. The number of aryl methyl sites for hydroxylation is 1. The minimum Gasteiger partial charge on any atom is -0.341 e. The van der Waals surface area contributed by atoms with Gasteiger partial charge in [0, 0.05) is 19.3 Å². The Morgan fingerprint density at radius 2 is 1.82 bits per heavy atom. The van der Waals surface area contributed by atoms with Gasteiger partial charge in [0.25, 0.3) is 0 Å². The van der Waals surface area contributed by atoms with Crippen molar-refractivity contribution in [3.63, 3.8) is 0 Å². The van der Waals surface area contributed by atoms with E-state index >= 15 is 0 Å². The van der Waals surface area contributed by atoms with Crippen molar-refractivity contribution in [2.45, 2.75) is 32.4 Å². The summed E-state index contributed by atoms with van der Waals surface area (Å²) in [5.74, 6) is 0.412. The highest BCUT2D eigenvalue weighted by atomic mass is 19.4. The lowest BCUT2D eigenvalue weighted by Gasteiger charge is -2.27. The van der Waals surface area contributed by atoms with Gasteiger partial charge in [0.2, 0.25) is 5.95 Å². The maximum atomic E-state index is 12.5. The van der Waals surface area contributed by atoms with Crippen LogP contribution in [0.5, 0.6) is 0 Å². The van der Waals surface area contributed by atoms with Crippen molar-refractivity contribution < 1.29 is 13.2 Å². The average molecular weight is 245 g/mol. The summed E-state index contributed by atoms with van der Waals surface area (Å²) in [5.41, 5.74) is -0.758. The molecule has 1 fully saturated rings. The Morgan fingerprint density at radius 3 is 2.35 bits per heavy atom. The lowest BCUT2D eigenvalue weighted by Crippen LogP contribution is -2.31. The van der Waals surface area contributed by atoms with Gasteiger partial charge in [0.05, 0.1) is 11.3 Å². The standard InChI is InChI=1S/C11H14F3N3/c1-8-9(11(12,13)14)7-15-10(16-8)17-5-3-2-4-6-17/h7H,2-6H2,1H3. The van der Waals surface area contributed by atoms with E-state index in [0.717, 1.165) is 38.5 Å². The summed E-state index contributed by atoms with van der Waals surface area (Å²) in [7, 11) is 0. The van der Waals surface area contributed by atoms with Gasteiger partial charge < -0.3 is 4.90 Å². The molecule has 0 amide bonds. The minimum atomic E-state index is -4.37. The third-order valence-corrected chi connectivity index (χ3v) is 2.91. The third-order valence-electron chi connectivity index (χ3n) is 2.91. The third kappa shape index (κ3) is 2.68. The van der Waals surface area contributed by atoms with Gasteiger partial charge in [-0.2, -0.15) is 13.2 Å². The monoisotopic (exact) mass is 245 g/mol. The van der Waals surface area contributed by atoms with Crippen LogP contribution in [-0.2, 0) is 6.18 Å². The summed E-state index contributed by atoms with van der Waals surface area (Å²) in [5, 5.41) is 0. The first-order chi connectivity index (χ1) is 7.98. The first-order valence-electron chi connectivity index (χ1n) is 5.64. The fraction of sp³-hybridized carbons (Fsp3) is 0.636. The van der Waals surface area contributed by atoms with E-state index in [9.17, 15) is 13.2 Å². The molecule has 1 aromatic heterocycles. The summed E-state index contributed by atoms with van der Waals surface area (Å²) >= 11 is 0. The molecular formula is C11H14F3N3. The van der Waals surface area contributed by atoms with Gasteiger partial charge in [0.15, 0.2) is 0 Å². The number of rotatable bonds is 1. The molecule has 94 valence electrons. The molecule has 0 atom stereocenters. The molecule has 6 heteroatoms. The first-order valence-corrected chi connectivity index (χ1v) is 5.64. The molecule has 2 rings (SSSR count). The van der Waals surface area contributed by atoms with Crippen molar-refractivity contribution >= 4 is 5.95 Å². The molecule has 3 nitrogen and oxygen atoms in total. The van der Waals surface area contributed by atoms with E-state index in [1.54, 1.807) is 0 Å². The van der Waals surface area contributed by atoms with Gasteiger partial charge in [0.1, 0.15) is 0 Å². The number of halogens is 3. The molecule has 1 saturated heterocycles. The van der Waals surface area contributed by atoms with Crippen LogP contribution in [0.2, 0.25) is 0 Å². The number of anilines is 1. The Labute approximate surface area is 97.7 Å². The predicted octanol–water partition coefficient (Wildman–Crippen LogP) is 2.79. The van der Waals surface area contributed by atoms with E-state index in [1.165, 1.54) is 6.92 Å². The van der Waals surface area contributed by atoms with Crippen LogP contribution in [0.1, 0.15) is 30.5 Å². The molecule has 2 heterocycles. The number of piperidine rings is 1. The van der Waals surface area contributed by atoms with Crippen LogP contribution in [0.4, 0.5) is 19.1 Å². The molecule has 0 aromatic carbocycles. The summed E-state index contributed by atoms with van der Waals surface area (Å²) < 4.78 is 37.6. The van der Waals surface area contributed by atoms with Gasteiger partial charge in [-0.15, -0.1) is 0 Å². The summed E-state index contributed by atoms with van der Waals surface area (Å²) in [6, 6.07) is 0. The van der Waals surface area contributed by atoms with E-state index in [0.29, 0.717) is 5.95 Å². The zero-order valence-corrected chi connectivity index (χ0v) is 9.59. The highest BCUT2D eigenvalue weighted by Gasteiger charge is 2.34. The Kier molecular flexibility index (Phi) is 3.22. The van der Waals surface area contributed by atoms with Crippen molar-refractivity contribution in [3.8, 4) is 0 Å². The highest BCUT2D eigenvalue weighted by molar-refractivity contribution is 5.34. The Bertz CT molecular complexity index is 397. The second kappa shape index (κ2) is 4.50. The minimum absolute atomic E-state index is 0.00641. The number of alkyl halides is 3. The van der Waals surface area contributed by atoms with Crippen molar-refractivity contribution in [2.24, 2.45) is 0 Å². The van der Waals surface area contributed by atoms with Crippen molar-refractivity contribution in [3.05, 3.63) is 17.5 Å². The molecule has 0 aliphatic carbocycles. The van der Waals surface area contributed by atoms with Crippen LogP contribution < -0.4 is 4.90 Å². The molecule has 1 aromatic rings. The Hall–Kier alpha value is -1.33. The normalized spacial score (nSPS) is 17.3. The molecule has 0 N–H and O–H groups in total. The van der Waals surface area contributed by atoms with E-state index in [1.807, 2.05) is 4.90 Å². The molecule has 0 saturated carbocycles. The molecule has 17 heavy (non-hydrogen) atoms. The summed E-state index contributed by atoms with van der Waals surface area (Å²) in [6.45, 7) is 3.02. The van der Waals surface area contributed by atoms with E-state index in [2.05, 4.69) is 9.97 Å². The maximum absolute atomic E-state index is 12.5. The van der Waals surface area contributed by atoms with Crippen molar-refractivity contribution in [2.75, 3.05) is 18.0 Å². The van der Waals surface area contributed by atoms with Crippen molar-refractivity contribution in [1.29, 1.82) is 0 Å². The van der Waals surface area contributed by atoms with Gasteiger partial charge in [-0.3, -0.25) is 0 Å². The number of nitrogens with zero attached hydrogens (tertiary/aromatic N) is 3. The maximum Gasteiger partial charge on any atom is 0.419 e. The largest absolute Gasteiger partial charge is 0.419 e. The van der Waals surface area contributed by atoms with Gasteiger partial charge in [-0.05, 0) is 26.2 Å². The average Bonchev–Trinajstić information content (AvgIpc) is 2.28. The first kappa shape index (κ1) is 12.1. The molecular weight excluding hydrogens is 231 g/mol. The number of hydrogen-bond donors (Lipinski definition) is 0. The zero-order valence-electron chi connectivity index (χ0n) is 9.59. The van der Waals surface area contributed by atoms with Crippen molar-refractivity contribution in [1.82, 2.24) is 9.97 Å². The van der Waals surface area contributed by atoms with Gasteiger partial charge in [-0.25, -0.2) is 9.97 Å². The highest BCUT2D eigenvalue weighted by Crippen LogP contribution is 2.31. The lowest BCUT2D eigenvalue weighted by atomic mass is 10.1. The molecule has 0 unspecified atom stereocenters. The fourth-order valence-electron chi connectivity index (χ4n) is 1.98. The zero-order chi connectivity index (χ0) is 12.5. The van der Waals surface area contributed by atoms with Gasteiger partial charge >= 0.3 is 6.18 Å². The van der Waals surface area contributed by atoms with Crippen LogP contribution >= 0.6 is 0 Å². The number of aromatic nitrogens is 2. The lowest BCUT2D eigenvalue weighted by molar-refractivity contribution is -0.138. The van der Waals surface area contributed by atoms with Gasteiger partial charge in [-0.1, -0.05) is 0 Å². The SMILES string of the molecule is Cc1nc(N2CCCCC2)ncc1C(F)(F)F. The number of hydrogen-bond acceptors (Lipinski definition) is 3. The second-order valence-electron chi connectivity index (χ2n) is 4.21. The molecule has 0 spiro atoms. The second-order valence-corrected chi connectivity index (χ2v) is 4.21. The van der Waals surface area contributed by atoms with E-state index in [4.69, 9.17) is 0 Å². The molecule has 0 bridgehead atoms.